The summed E-state index contributed by atoms with van der Waals surface area (Å²) >= 11 is 1.44. The summed E-state index contributed by atoms with van der Waals surface area (Å²) in [5, 5.41) is 15.9. The van der Waals surface area contributed by atoms with Crippen LogP contribution in [0.2, 0.25) is 0 Å². The van der Waals surface area contributed by atoms with Crippen LogP contribution in [0.3, 0.4) is 0 Å². The minimum atomic E-state index is -1.17. The maximum atomic E-state index is 12.1. The third-order valence-corrected chi connectivity index (χ3v) is 3.83. The molecule has 0 rings (SSSR count). The fourth-order valence-corrected chi connectivity index (χ4v) is 2.31. The smallest absolute Gasteiger partial charge is 0.326 e. The maximum Gasteiger partial charge on any atom is 0.326 e. The molecule has 148 valence electrons. The van der Waals surface area contributed by atoms with Crippen molar-refractivity contribution in [2.45, 2.75) is 31.3 Å². The number of amides is 4. The molecule has 4 amide bonds. The van der Waals surface area contributed by atoms with Crippen molar-refractivity contribution in [2.24, 2.45) is 11.5 Å². The Morgan fingerprint density at radius 3 is 2.15 bits per heavy atom. The first-order chi connectivity index (χ1) is 12.2. The molecule has 8 N–H and O–H groups in total. The summed E-state index contributed by atoms with van der Waals surface area (Å²) in [5.41, 5.74) is 10.2. The Kier molecular flexibility index (Phi) is 11.8. The average Bonchev–Trinajstić information content (AvgIpc) is 2.59. The van der Waals surface area contributed by atoms with Crippen molar-refractivity contribution in [3.63, 3.8) is 0 Å². The third-order valence-electron chi connectivity index (χ3n) is 3.18. The molecule has 0 aromatic heterocycles. The normalized spacial score (nSPS) is 12.5. The van der Waals surface area contributed by atoms with E-state index in [1.807, 2.05) is 6.26 Å². The van der Waals surface area contributed by atoms with E-state index >= 15 is 0 Å². The molecule has 2 unspecified atom stereocenters. The number of thioether (sulfide) groups is 1. The second-order valence-corrected chi connectivity index (χ2v) is 6.27. The number of carboxylic acid groups (broad SMARTS) is 1. The molecular weight excluding hydrogens is 366 g/mol. The number of aliphatic carboxylic acids is 1. The molecular formula is C14H25N5O6S. The molecule has 0 heterocycles. The van der Waals surface area contributed by atoms with Crippen molar-refractivity contribution in [3.8, 4) is 0 Å². The van der Waals surface area contributed by atoms with Gasteiger partial charge >= 0.3 is 5.97 Å². The summed E-state index contributed by atoms with van der Waals surface area (Å²) in [4.78, 5) is 57.2. The van der Waals surface area contributed by atoms with Crippen LogP contribution in [0.15, 0.2) is 0 Å². The number of hydrogen-bond acceptors (Lipinski definition) is 7. The molecule has 11 nitrogen and oxygen atoms in total. The van der Waals surface area contributed by atoms with E-state index in [4.69, 9.17) is 16.6 Å². The van der Waals surface area contributed by atoms with Gasteiger partial charge in [-0.15, -0.1) is 0 Å². The van der Waals surface area contributed by atoms with E-state index < -0.39 is 48.2 Å². The first kappa shape index (κ1) is 23.7. The lowest BCUT2D eigenvalue weighted by Crippen LogP contribution is -2.51. The van der Waals surface area contributed by atoms with Crippen molar-refractivity contribution in [3.05, 3.63) is 0 Å². The molecule has 0 radical (unpaired) electrons. The van der Waals surface area contributed by atoms with Crippen LogP contribution in [0.1, 0.15) is 19.3 Å². The molecule has 0 saturated heterocycles. The van der Waals surface area contributed by atoms with Crippen molar-refractivity contribution < 1.29 is 29.1 Å². The number of hydrogen-bond donors (Lipinski definition) is 6. The second-order valence-electron chi connectivity index (χ2n) is 5.29. The van der Waals surface area contributed by atoms with Gasteiger partial charge in [0.2, 0.25) is 23.6 Å². The third kappa shape index (κ3) is 10.5. The highest BCUT2D eigenvalue weighted by Gasteiger charge is 2.23. The Hall–Kier alpha value is -2.34. The van der Waals surface area contributed by atoms with E-state index in [2.05, 4.69) is 16.0 Å². The van der Waals surface area contributed by atoms with Crippen molar-refractivity contribution in [1.82, 2.24) is 16.0 Å². The molecule has 26 heavy (non-hydrogen) atoms. The van der Waals surface area contributed by atoms with Gasteiger partial charge in [-0.25, -0.2) is 4.79 Å². The van der Waals surface area contributed by atoms with E-state index in [1.165, 1.54) is 11.8 Å². The van der Waals surface area contributed by atoms with Gasteiger partial charge in [-0.05, 0) is 24.9 Å². The molecule has 0 aliphatic rings. The predicted octanol–water partition coefficient (Wildman–Crippen LogP) is -2.87. The Morgan fingerprint density at radius 2 is 1.65 bits per heavy atom. The van der Waals surface area contributed by atoms with E-state index in [-0.39, 0.29) is 25.8 Å². The number of carboxylic acids is 1. The average molecular weight is 391 g/mol. The van der Waals surface area contributed by atoms with Gasteiger partial charge in [-0.1, -0.05) is 0 Å². The fourth-order valence-electron chi connectivity index (χ4n) is 1.84. The lowest BCUT2D eigenvalue weighted by atomic mass is 10.1. The minimum absolute atomic E-state index is 0.0556. The van der Waals surface area contributed by atoms with Crippen LogP contribution in [0.5, 0.6) is 0 Å². The summed E-state index contributed by atoms with van der Waals surface area (Å²) in [7, 11) is 0. The number of nitrogens with one attached hydrogen (secondary N) is 3. The molecule has 0 aromatic carbocycles. The molecule has 12 heteroatoms. The zero-order valence-corrected chi connectivity index (χ0v) is 15.3. The van der Waals surface area contributed by atoms with Gasteiger partial charge in [-0.3, -0.25) is 19.2 Å². The first-order valence-electron chi connectivity index (χ1n) is 7.77. The lowest BCUT2D eigenvalue weighted by Gasteiger charge is -2.18. The van der Waals surface area contributed by atoms with Gasteiger partial charge in [0.15, 0.2) is 0 Å². The summed E-state index contributed by atoms with van der Waals surface area (Å²) in [6, 6.07) is -2.15. The van der Waals surface area contributed by atoms with E-state index in [9.17, 15) is 24.0 Å². The highest BCUT2D eigenvalue weighted by atomic mass is 32.2. The Labute approximate surface area is 155 Å². The monoisotopic (exact) mass is 391 g/mol. The summed E-state index contributed by atoms with van der Waals surface area (Å²) in [6.45, 7) is -0.829. The van der Waals surface area contributed by atoms with Crippen LogP contribution in [-0.4, -0.2) is 71.9 Å². The summed E-state index contributed by atoms with van der Waals surface area (Å²) < 4.78 is 0. The standard InChI is InChI=1S/C14H25N5O6S/c1-26-5-4-9(14(24)25)19-12(22)7-17-13(23)8(2-3-10(16)20)18-11(21)6-15/h8-9H,2-7,15H2,1H3,(H2,16,20)(H,17,23)(H,18,21)(H,19,22)(H,24,25). The van der Waals surface area contributed by atoms with Crippen LogP contribution in [0, 0.1) is 0 Å². The Balaban J connectivity index is 4.61. The van der Waals surface area contributed by atoms with Crippen LogP contribution < -0.4 is 27.4 Å². The number of carbonyl (C=O) groups excluding carboxylic acids is 4. The molecule has 0 aliphatic heterocycles. The van der Waals surface area contributed by atoms with Gasteiger partial charge in [0.05, 0.1) is 13.1 Å². The lowest BCUT2D eigenvalue weighted by molar-refractivity contribution is -0.141. The highest BCUT2D eigenvalue weighted by Crippen LogP contribution is 2.01. The second kappa shape index (κ2) is 12.9. The maximum absolute atomic E-state index is 12.1. The molecule has 0 saturated carbocycles. The minimum Gasteiger partial charge on any atom is -0.480 e. The number of carbonyl (C=O) groups is 5. The molecule has 0 fully saturated rings. The molecule has 0 aliphatic carbocycles. The quantitative estimate of drug-likeness (QED) is 0.193. The van der Waals surface area contributed by atoms with Gasteiger partial charge < -0.3 is 32.5 Å². The number of primary amides is 1. The van der Waals surface area contributed by atoms with Crippen LogP contribution >= 0.6 is 11.8 Å². The van der Waals surface area contributed by atoms with E-state index in [0.717, 1.165) is 0 Å². The van der Waals surface area contributed by atoms with Gasteiger partial charge in [0.1, 0.15) is 12.1 Å². The van der Waals surface area contributed by atoms with Crippen LogP contribution in [0.25, 0.3) is 0 Å². The number of nitrogens with two attached hydrogens (primary N) is 2. The van der Waals surface area contributed by atoms with Crippen molar-refractivity contribution in [2.75, 3.05) is 25.1 Å². The zero-order chi connectivity index (χ0) is 20.1. The van der Waals surface area contributed by atoms with Crippen molar-refractivity contribution in [1.29, 1.82) is 0 Å². The van der Waals surface area contributed by atoms with Crippen LogP contribution in [-0.2, 0) is 24.0 Å². The SMILES string of the molecule is CSCCC(NC(=O)CNC(=O)C(CCC(N)=O)NC(=O)CN)C(=O)O. The van der Waals surface area contributed by atoms with Gasteiger partial charge in [-0.2, -0.15) is 11.8 Å². The van der Waals surface area contributed by atoms with E-state index in [1.54, 1.807) is 0 Å². The summed E-state index contributed by atoms with van der Waals surface area (Å²) in [6.07, 6.45) is 1.84. The molecule has 0 bridgehead atoms. The summed E-state index contributed by atoms with van der Waals surface area (Å²) in [5.74, 6) is -3.29. The highest BCUT2D eigenvalue weighted by molar-refractivity contribution is 7.98. The fraction of sp³-hybridized carbons (Fsp3) is 0.643. The Morgan fingerprint density at radius 1 is 1.04 bits per heavy atom. The molecule has 2 atom stereocenters. The van der Waals surface area contributed by atoms with E-state index in [0.29, 0.717) is 5.75 Å². The molecule has 0 aromatic rings. The number of rotatable bonds is 13. The largest absolute Gasteiger partial charge is 0.480 e. The topological polar surface area (TPSA) is 194 Å². The zero-order valence-electron chi connectivity index (χ0n) is 14.4. The Bertz CT molecular complexity index is 530. The van der Waals surface area contributed by atoms with Gasteiger partial charge in [0, 0.05) is 6.42 Å². The van der Waals surface area contributed by atoms with Gasteiger partial charge in [0.25, 0.3) is 0 Å². The van der Waals surface area contributed by atoms with Crippen molar-refractivity contribution >= 4 is 41.4 Å². The van der Waals surface area contributed by atoms with Crippen LogP contribution in [0.4, 0.5) is 0 Å². The first-order valence-corrected chi connectivity index (χ1v) is 9.17. The predicted molar refractivity (Wildman–Crippen MR) is 95.0 cm³/mol. The molecule has 0 spiro atoms.